The molecule has 34 heavy (non-hydrogen) atoms. The quantitative estimate of drug-likeness (QED) is 0.244. The van der Waals surface area contributed by atoms with Gasteiger partial charge in [0.2, 0.25) is 5.72 Å². The minimum absolute atomic E-state index is 0.0358. The van der Waals surface area contributed by atoms with Crippen molar-refractivity contribution in [1.82, 2.24) is 5.01 Å². The Labute approximate surface area is 201 Å². The number of fused-ring (bicyclic) bond motifs is 4. The molecule has 0 saturated carbocycles. The standard InChI is InChI=1S/C27H20ClN3O3/c1-27(20-8-11-22(12-9-20)31(32)33)30-25(23-15-21(28)10-13-26(23)34-27)16-24(29-30)19-7-6-17-4-2-3-5-18(17)14-19/h2-15,25H,16H2,1H3/t25-,27+/m1/s1. The summed E-state index contributed by atoms with van der Waals surface area (Å²) >= 11 is 6.35. The molecule has 4 aromatic carbocycles. The highest BCUT2D eigenvalue weighted by Gasteiger charge is 2.49. The molecule has 0 aliphatic carbocycles. The fraction of sp³-hybridized carbons (Fsp3) is 0.148. The van der Waals surface area contributed by atoms with Crippen molar-refractivity contribution in [3.05, 3.63) is 117 Å². The third-order valence-electron chi connectivity index (χ3n) is 6.68. The summed E-state index contributed by atoms with van der Waals surface area (Å²) in [5, 5.41) is 21.2. The molecule has 2 aliphatic rings. The molecule has 0 spiro atoms. The lowest BCUT2D eigenvalue weighted by molar-refractivity contribution is -0.384. The van der Waals surface area contributed by atoms with Crippen LogP contribution in [-0.4, -0.2) is 15.6 Å². The average molecular weight is 470 g/mol. The Hall–Kier alpha value is -3.90. The summed E-state index contributed by atoms with van der Waals surface area (Å²) in [6, 6.07) is 26.6. The third-order valence-corrected chi connectivity index (χ3v) is 6.92. The van der Waals surface area contributed by atoms with Gasteiger partial charge in [-0.05, 0) is 52.7 Å². The SMILES string of the molecule is C[C@@]1(c2ccc([N+](=O)[O-])cc2)Oc2ccc(Cl)cc2[C@H]2CC(c3ccc4ccccc4c3)=NN21. The number of non-ortho nitro benzene ring substituents is 1. The molecule has 2 heterocycles. The molecule has 2 atom stereocenters. The summed E-state index contributed by atoms with van der Waals surface area (Å²) in [5.74, 6) is 0.737. The van der Waals surface area contributed by atoms with Crippen LogP contribution in [0.4, 0.5) is 5.69 Å². The first-order chi connectivity index (χ1) is 16.4. The number of rotatable bonds is 3. The first kappa shape index (κ1) is 20.7. The van der Waals surface area contributed by atoms with Crippen molar-refractivity contribution in [1.29, 1.82) is 0 Å². The zero-order valence-corrected chi connectivity index (χ0v) is 19.1. The smallest absolute Gasteiger partial charge is 0.269 e. The zero-order valence-electron chi connectivity index (χ0n) is 18.3. The van der Waals surface area contributed by atoms with Gasteiger partial charge in [-0.15, -0.1) is 0 Å². The molecule has 0 aromatic heterocycles. The van der Waals surface area contributed by atoms with Gasteiger partial charge < -0.3 is 4.74 Å². The van der Waals surface area contributed by atoms with Gasteiger partial charge in [-0.1, -0.05) is 48.0 Å². The predicted octanol–water partition coefficient (Wildman–Crippen LogP) is 6.82. The van der Waals surface area contributed by atoms with Crippen molar-refractivity contribution >= 4 is 33.8 Å². The van der Waals surface area contributed by atoms with Gasteiger partial charge in [-0.2, -0.15) is 5.10 Å². The van der Waals surface area contributed by atoms with E-state index in [0.717, 1.165) is 33.5 Å². The predicted molar refractivity (Wildman–Crippen MR) is 132 cm³/mol. The van der Waals surface area contributed by atoms with E-state index < -0.39 is 10.6 Å². The molecular formula is C27H20ClN3O3. The summed E-state index contributed by atoms with van der Waals surface area (Å²) in [4.78, 5) is 10.8. The van der Waals surface area contributed by atoms with Crippen molar-refractivity contribution in [2.45, 2.75) is 25.1 Å². The molecule has 6 rings (SSSR count). The summed E-state index contributed by atoms with van der Waals surface area (Å²) in [7, 11) is 0. The van der Waals surface area contributed by atoms with Crippen molar-refractivity contribution < 1.29 is 9.66 Å². The van der Waals surface area contributed by atoms with Crippen LogP contribution in [0.2, 0.25) is 5.02 Å². The van der Waals surface area contributed by atoms with Gasteiger partial charge in [0.25, 0.3) is 5.69 Å². The van der Waals surface area contributed by atoms with E-state index in [1.807, 2.05) is 42.3 Å². The van der Waals surface area contributed by atoms with E-state index in [-0.39, 0.29) is 11.7 Å². The molecule has 0 saturated heterocycles. The number of benzene rings is 4. The Morgan fingerprint density at radius 3 is 2.56 bits per heavy atom. The minimum atomic E-state index is -0.945. The van der Waals surface area contributed by atoms with Crippen LogP contribution >= 0.6 is 11.6 Å². The number of nitro benzene ring substituents is 1. The molecule has 0 amide bonds. The fourth-order valence-electron chi connectivity index (χ4n) is 4.91. The van der Waals surface area contributed by atoms with Crippen LogP contribution in [0.15, 0.2) is 90.0 Å². The number of nitrogens with zero attached hydrogens (tertiary/aromatic N) is 3. The molecule has 6 nitrogen and oxygen atoms in total. The molecule has 0 unspecified atom stereocenters. The molecule has 0 N–H and O–H groups in total. The highest BCUT2D eigenvalue weighted by molar-refractivity contribution is 6.30. The van der Waals surface area contributed by atoms with Gasteiger partial charge in [-0.3, -0.25) is 10.1 Å². The molecule has 7 heteroatoms. The second kappa shape index (κ2) is 7.57. The summed E-state index contributed by atoms with van der Waals surface area (Å²) in [5.41, 5.74) is 2.87. The first-order valence-electron chi connectivity index (χ1n) is 11.0. The molecule has 0 radical (unpaired) electrons. The number of halogens is 1. The molecule has 168 valence electrons. The maximum absolute atomic E-state index is 11.2. The van der Waals surface area contributed by atoms with E-state index in [1.54, 1.807) is 12.1 Å². The van der Waals surface area contributed by atoms with Crippen molar-refractivity contribution in [3.63, 3.8) is 0 Å². The molecule has 0 bridgehead atoms. The Bertz CT molecular complexity index is 1480. The Balaban J connectivity index is 1.48. The fourth-order valence-corrected chi connectivity index (χ4v) is 5.09. The van der Waals surface area contributed by atoms with Crippen LogP contribution in [0.5, 0.6) is 5.75 Å². The Morgan fingerprint density at radius 2 is 1.79 bits per heavy atom. The normalized spacial score (nSPS) is 20.9. The summed E-state index contributed by atoms with van der Waals surface area (Å²) < 4.78 is 6.52. The number of nitro groups is 1. The molecule has 2 aliphatic heterocycles. The van der Waals surface area contributed by atoms with Crippen molar-refractivity contribution in [2.75, 3.05) is 0 Å². The number of ether oxygens (including phenoxy) is 1. The van der Waals surface area contributed by atoms with Crippen LogP contribution in [0, 0.1) is 10.1 Å². The maximum atomic E-state index is 11.2. The zero-order chi connectivity index (χ0) is 23.4. The minimum Gasteiger partial charge on any atom is -0.462 e. The van der Waals surface area contributed by atoms with Crippen molar-refractivity contribution in [3.8, 4) is 5.75 Å². The summed E-state index contributed by atoms with van der Waals surface area (Å²) in [6.45, 7) is 1.95. The van der Waals surface area contributed by atoms with Crippen molar-refractivity contribution in [2.24, 2.45) is 5.10 Å². The van der Waals surface area contributed by atoms with Crippen LogP contribution in [0.25, 0.3) is 10.8 Å². The first-order valence-corrected chi connectivity index (χ1v) is 11.4. The molecular weight excluding hydrogens is 450 g/mol. The topological polar surface area (TPSA) is 68.0 Å². The van der Waals surface area contributed by atoms with Gasteiger partial charge in [0.15, 0.2) is 0 Å². The van der Waals surface area contributed by atoms with Crippen LogP contribution < -0.4 is 4.74 Å². The molecule has 4 aromatic rings. The average Bonchev–Trinajstić information content (AvgIpc) is 3.31. The van der Waals surface area contributed by atoms with Gasteiger partial charge in [-0.25, -0.2) is 5.01 Å². The Kier molecular flexibility index (Phi) is 4.61. The van der Waals surface area contributed by atoms with Crippen LogP contribution in [-0.2, 0) is 5.72 Å². The van der Waals surface area contributed by atoms with E-state index in [4.69, 9.17) is 21.4 Å². The monoisotopic (exact) mass is 469 g/mol. The highest BCUT2D eigenvalue weighted by atomic mass is 35.5. The summed E-state index contributed by atoms with van der Waals surface area (Å²) in [6.07, 6.45) is 0.692. The number of hydrazone groups is 1. The van der Waals surface area contributed by atoms with Crippen LogP contribution in [0.1, 0.15) is 36.1 Å². The van der Waals surface area contributed by atoms with Crippen LogP contribution in [0.3, 0.4) is 0 Å². The van der Waals surface area contributed by atoms with Gasteiger partial charge in [0.05, 0.1) is 16.7 Å². The van der Waals surface area contributed by atoms with Gasteiger partial charge in [0.1, 0.15) is 5.75 Å². The largest absolute Gasteiger partial charge is 0.462 e. The van der Waals surface area contributed by atoms with E-state index in [1.165, 1.54) is 17.5 Å². The van der Waals surface area contributed by atoms with Gasteiger partial charge >= 0.3 is 0 Å². The lowest BCUT2D eigenvalue weighted by Crippen LogP contribution is -2.48. The van der Waals surface area contributed by atoms with E-state index in [0.29, 0.717) is 11.4 Å². The third kappa shape index (κ3) is 3.22. The number of hydrogen-bond donors (Lipinski definition) is 0. The van der Waals surface area contributed by atoms with E-state index in [9.17, 15) is 10.1 Å². The van der Waals surface area contributed by atoms with E-state index >= 15 is 0 Å². The second-order valence-corrected chi connectivity index (χ2v) is 9.18. The second-order valence-electron chi connectivity index (χ2n) is 8.74. The number of hydrogen-bond acceptors (Lipinski definition) is 5. The van der Waals surface area contributed by atoms with E-state index in [2.05, 4.69) is 30.3 Å². The Morgan fingerprint density at radius 1 is 1.03 bits per heavy atom. The maximum Gasteiger partial charge on any atom is 0.269 e. The lowest BCUT2D eigenvalue weighted by atomic mass is 9.92. The van der Waals surface area contributed by atoms with Gasteiger partial charge in [0, 0.05) is 41.6 Å². The highest BCUT2D eigenvalue weighted by Crippen LogP contribution is 2.51. The molecule has 0 fully saturated rings. The lowest BCUT2D eigenvalue weighted by Gasteiger charge is -2.46.